The van der Waals surface area contributed by atoms with Gasteiger partial charge in [0, 0.05) is 38.2 Å². The second-order valence-corrected chi connectivity index (χ2v) is 8.34. The summed E-state index contributed by atoms with van der Waals surface area (Å²) in [5, 5.41) is 15.3. The lowest BCUT2D eigenvalue weighted by molar-refractivity contribution is -0.119. The molecule has 1 fully saturated rings. The summed E-state index contributed by atoms with van der Waals surface area (Å²) in [5.41, 5.74) is 10.1. The normalized spacial score (nSPS) is 14.3. The van der Waals surface area contributed by atoms with Gasteiger partial charge in [-0.2, -0.15) is 10.2 Å². The van der Waals surface area contributed by atoms with Crippen LogP contribution in [0.3, 0.4) is 0 Å². The summed E-state index contributed by atoms with van der Waals surface area (Å²) in [6.07, 6.45) is 6.54. The molecule has 3 heterocycles. The van der Waals surface area contributed by atoms with Gasteiger partial charge < -0.3 is 16.4 Å². The summed E-state index contributed by atoms with van der Waals surface area (Å²) < 4.78 is 3.60. The van der Waals surface area contributed by atoms with Crippen LogP contribution >= 0.6 is 0 Å². The van der Waals surface area contributed by atoms with Gasteiger partial charge in [-0.3, -0.25) is 9.48 Å². The summed E-state index contributed by atoms with van der Waals surface area (Å²) in [6, 6.07) is 2.02. The van der Waals surface area contributed by atoms with E-state index in [4.69, 9.17) is 17.4 Å². The molecule has 1 aliphatic rings. The molecule has 0 bridgehead atoms. The van der Waals surface area contributed by atoms with Crippen LogP contribution in [-0.4, -0.2) is 43.4 Å². The van der Waals surface area contributed by atoms with E-state index in [0.717, 1.165) is 42.6 Å². The molecule has 4 rings (SSSR count). The summed E-state index contributed by atoms with van der Waals surface area (Å²) in [5.74, 6) is 0.777. The number of nitrogens with zero attached hydrogens (tertiary/aromatic N) is 6. The number of aryl methyl sites for hydroxylation is 2. The van der Waals surface area contributed by atoms with E-state index in [2.05, 4.69) is 32.5 Å². The van der Waals surface area contributed by atoms with E-state index in [9.17, 15) is 4.79 Å². The van der Waals surface area contributed by atoms with Gasteiger partial charge in [0.15, 0.2) is 5.65 Å². The Kier molecular flexibility index (Phi) is 5.74. The maximum absolute atomic E-state index is 11.1. The number of rotatable bonds is 9. The lowest BCUT2D eigenvalue weighted by Gasteiger charge is -2.16. The number of nitrogen functional groups attached to an aromatic ring is 1. The van der Waals surface area contributed by atoms with Crippen molar-refractivity contribution in [1.82, 2.24) is 29.7 Å². The van der Waals surface area contributed by atoms with Crippen molar-refractivity contribution < 1.29 is 4.79 Å². The fourth-order valence-electron chi connectivity index (χ4n) is 4.14. The summed E-state index contributed by atoms with van der Waals surface area (Å²) in [4.78, 5) is 19.4. The highest BCUT2D eigenvalue weighted by Crippen LogP contribution is 2.45. The van der Waals surface area contributed by atoms with E-state index in [0.29, 0.717) is 36.8 Å². The molecule has 0 aromatic carbocycles. The molecule has 0 radical (unpaired) electrons. The molecule has 1 saturated carbocycles. The van der Waals surface area contributed by atoms with E-state index in [-0.39, 0.29) is 17.1 Å². The zero-order valence-electron chi connectivity index (χ0n) is 18.8. The Morgan fingerprint density at radius 3 is 2.78 bits per heavy atom. The number of fused-ring (bicyclic) bond motifs is 1. The van der Waals surface area contributed by atoms with Gasteiger partial charge in [0.2, 0.25) is 5.91 Å². The number of carbonyl (C=O) groups is 1. The van der Waals surface area contributed by atoms with Crippen molar-refractivity contribution in [3.8, 4) is 0 Å². The minimum Gasteiger partial charge on any atom is -0.392 e. The van der Waals surface area contributed by atoms with Crippen molar-refractivity contribution >= 4 is 28.9 Å². The van der Waals surface area contributed by atoms with E-state index in [1.807, 2.05) is 23.9 Å². The lowest BCUT2D eigenvalue weighted by Crippen LogP contribution is -2.28. The van der Waals surface area contributed by atoms with E-state index >= 15 is 0 Å². The predicted octanol–water partition coefficient (Wildman–Crippen LogP) is 2.60. The smallest absolute Gasteiger partial charge is 0.268 e. The zero-order valence-corrected chi connectivity index (χ0v) is 18.8. The lowest BCUT2D eigenvalue weighted by atomic mass is 10.2. The molecule has 1 aliphatic carbocycles. The Labute approximate surface area is 187 Å². The molecule has 168 valence electrons. The van der Waals surface area contributed by atoms with Crippen molar-refractivity contribution in [3.63, 3.8) is 0 Å². The van der Waals surface area contributed by atoms with Crippen molar-refractivity contribution in [2.75, 3.05) is 24.1 Å². The van der Waals surface area contributed by atoms with Gasteiger partial charge in [0.05, 0.1) is 23.5 Å². The number of hydrogen-bond donors (Lipinski definition) is 3. The minimum absolute atomic E-state index is 0.00334. The van der Waals surface area contributed by atoms with Gasteiger partial charge in [-0.05, 0) is 38.7 Å². The number of anilines is 2. The molecule has 0 spiro atoms. The third-order valence-electron chi connectivity index (χ3n) is 6.13. The fourth-order valence-corrected chi connectivity index (χ4v) is 4.14. The molecule has 10 nitrogen and oxygen atoms in total. The first kappa shape index (κ1) is 21.6. The molecule has 32 heavy (non-hydrogen) atoms. The molecule has 1 amide bonds. The van der Waals surface area contributed by atoms with Crippen LogP contribution in [0.25, 0.3) is 10.5 Å². The highest BCUT2D eigenvalue weighted by molar-refractivity contribution is 5.80. The van der Waals surface area contributed by atoms with Crippen molar-refractivity contribution in [2.45, 2.75) is 58.4 Å². The first-order chi connectivity index (χ1) is 15.4. The minimum atomic E-state index is -0.00334. The van der Waals surface area contributed by atoms with Gasteiger partial charge in [0.25, 0.3) is 5.69 Å². The van der Waals surface area contributed by atoms with Gasteiger partial charge in [-0.15, -0.1) is 0 Å². The molecule has 10 heteroatoms. The van der Waals surface area contributed by atoms with Crippen LogP contribution in [0.2, 0.25) is 0 Å². The van der Waals surface area contributed by atoms with E-state index in [1.165, 1.54) is 6.92 Å². The molecule has 0 atom stereocenters. The second kappa shape index (κ2) is 8.49. The van der Waals surface area contributed by atoms with Crippen LogP contribution in [-0.2, 0) is 23.2 Å². The van der Waals surface area contributed by atoms with Gasteiger partial charge >= 0.3 is 0 Å². The van der Waals surface area contributed by atoms with Gasteiger partial charge in [-0.25, -0.2) is 14.3 Å². The van der Waals surface area contributed by atoms with Crippen molar-refractivity contribution in [3.05, 3.63) is 40.6 Å². The molecular weight excluding hydrogens is 406 g/mol. The van der Waals surface area contributed by atoms with Crippen LogP contribution in [0.4, 0.5) is 17.3 Å². The third kappa shape index (κ3) is 3.98. The van der Waals surface area contributed by atoms with Crippen LogP contribution in [0.5, 0.6) is 0 Å². The first-order valence-corrected chi connectivity index (χ1v) is 11.0. The molecule has 0 aliphatic heterocycles. The molecule has 4 N–H and O–H groups in total. The maximum atomic E-state index is 11.1. The molecule has 0 unspecified atom stereocenters. The van der Waals surface area contributed by atoms with Crippen molar-refractivity contribution in [1.29, 1.82) is 0 Å². The van der Waals surface area contributed by atoms with Crippen molar-refractivity contribution in [2.24, 2.45) is 0 Å². The van der Waals surface area contributed by atoms with Crippen LogP contribution in [0.1, 0.15) is 50.1 Å². The molecule has 0 saturated heterocycles. The second-order valence-electron chi connectivity index (χ2n) is 8.34. The number of carbonyl (C=O) groups excluding carboxylic acids is 1. The Bertz CT molecular complexity index is 1200. The number of amides is 1. The SMILES string of the molecule is [C-]#[N+]c1c(NCCc2ccn(C3(CCNC(C)=O)CC3)n2)nc2c(CC)c(C)nn2c1N. The van der Waals surface area contributed by atoms with E-state index < -0.39 is 0 Å². The molecule has 3 aromatic rings. The monoisotopic (exact) mass is 435 g/mol. The number of hydrogen-bond acceptors (Lipinski definition) is 6. The summed E-state index contributed by atoms with van der Waals surface area (Å²) in [6.45, 7) is 14.3. The predicted molar refractivity (Wildman–Crippen MR) is 123 cm³/mol. The summed E-state index contributed by atoms with van der Waals surface area (Å²) >= 11 is 0. The largest absolute Gasteiger partial charge is 0.392 e. The van der Waals surface area contributed by atoms with Gasteiger partial charge in [0.1, 0.15) is 11.6 Å². The zero-order chi connectivity index (χ0) is 22.9. The topological polar surface area (TPSA) is 120 Å². The first-order valence-electron chi connectivity index (χ1n) is 11.0. The number of nitrogens with two attached hydrogens (primary N) is 1. The molecule has 3 aromatic heterocycles. The third-order valence-corrected chi connectivity index (χ3v) is 6.13. The van der Waals surface area contributed by atoms with E-state index in [1.54, 1.807) is 4.52 Å². The molecular formula is C22H29N9O. The van der Waals surface area contributed by atoms with Crippen LogP contribution < -0.4 is 16.4 Å². The quantitative estimate of drug-likeness (QED) is 0.445. The standard InChI is InChI=1S/C22H29N9O/c1-5-17-14(2)28-31-19(23)18(24-4)20(27-21(17)31)26-11-6-16-7-13-30(29-16)22(8-9-22)10-12-25-15(3)32/h7,13H,5-6,8-12,23H2,1-3H3,(H,25,32)(H,26,27). The van der Waals surface area contributed by atoms with Crippen LogP contribution in [0.15, 0.2) is 12.3 Å². The number of nitrogens with one attached hydrogen (secondary N) is 2. The number of aromatic nitrogens is 5. The Hall–Kier alpha value is -3.61. The van der Waals surface area contributed by atoms with Gasteiger partial charge in [-0.1, -0.05) is 6.92 Å². The highest BCUT2D eigenvalue weighted by atomic mass is 16.1. The average molecular weight is 436 g/mol. The average Bonchev–Trinajstić information content (AvgIpc) is 3.24. The Morgan fingerprint density at radius 1 is 1.34 bits per heavy atom. The maximum Gasteiger partial charge on any atom is 0.268 e. The van der Waals surface area contributed by atoms with Crippen LogP contribution in [0, 0.1) is 13.5 Å². The highest BCUT2D eigenvalue weighted by Gasteiger charge is 2.44. The summed E-state index contributed by atoms with van der Waals surface area (Å²) in [7, 11) is 0. The Balaban J connectivity index is 1.44. The Morgan fingerprint density at radius 2 is 2.12 bits per heavy atom. The fraction of sp³-hybridized carbons (Fsp3) is 0.500.